The number of nitrogens with zero attached hydrogens (tertiary/aromatic N) is 1. The molecule has 3 unspecified atom stereocenters. The van der Waals surface area contributed by atoms with Gasteiger partial charge < -0.3 is 9.64 Å². The fraction of sp³-hybridized carbons (Fsp3) is 0.733. The van der Waals surface area contributed by atoms with E-state index in [-0.39, 0.29) is 11.2 Å². The summed E-state index contributed by atoms with van der Waals surface area (Å²) >= 11 is 0. The van der Waals surface area contributed by atoms with Crippen LogP contribution in [0.1, 0.15) is 88.2 Å². The van der Waals surface area contributed by atoms with Crippen molar-refractivity contribution in [1.82, 2.24) is 4.90 Å². The first-order valence-corrected chi connectivity index (χ1v) is 14.1. The van der Waals surface area contributed by atoms with Gasteiger partial charge in [-0.05, 0) is 104 Å². The largest absolute Gasteiger partial charge is 0.381 e. The Balaban J connectivity index is 1.11. The van der Waals surface area contributed by atoms with Crippen LogP contribution < -0.4 is 0 Å². The summed E-state index contributed by atoms with van der Waals surface area (Å²) < 4.78 is 20.1. The van der Waals surface area contributed by atoms with E-state index < -0.39 is 0 Å². The van der Waals surface area contributed by atoms with Crippen LogP contribution in [0, 0.1) is 34.4 Å². The summed E-state index contributed by atoms with van der Waals surface area (Å²) in [7, 11) is 0. The Kier molecular flexibility index (Phi) is 6.06. The maximum atomic E-state index is 14.5. The van der Waals surface area contributed by atoms with E-state index in [4.69, 9.17) is 4.74 Å². The number of likely N-dealkylation sites (tertiary alicyclic amines) is 1. The SMILES string of the molecule is C[C@]12CCC3c4cccc(F)c4CCC3C1[C@H](CCCC(=O)N1CCC3(CCOCC3)C1)CC2=O. The minimum absolute atomic E-state index is 0.0590. The molecule has 1 amide bonds. The Bertz CT molecular complexity index is 1000. The molecule has 1 aromatic rings. The first-order chi connectivity index (χ1) is 16.9. The normalized spacial score (nSPS) is 35.6. The summed E-state index contributed by atoms with van der Waals surface area (Å²) in [6.45, 7) is 5.66. The molecule has 2 saturated heterocycles. The molecule has 0 bridgehead atoms. The molecular formula is C30H40FNO3. The fourth-order valence-electron chi connectivity index (χ4n) is 8.93. The highest BCUT2D eigenvalue weighted by Crippen LogP contribution is 2.62. The van der Waals surface area contributed by atoms with Crippen molar-refractivity contribution in [2.45, 2.75) is 83.5 Å². The molecule has 2 saturated carbocycles. The van der Waals surface area contributed by atoms with Crippen molar-refractivity contribution in [3.05, 3.63) is 35.1 Å². The molecule has 2 heterocycles. The van der Waals surface area contributed by atoms with E-state index in [1.807, 2.05) is 6.07 Å². The Labute approximate surface area is 209 Å². The zero-order chi connectivity index (χ0) is 24.2. The van der Waals surface area contributed by atoms with E-state index in [2.05, 4.69) is 17.9 Å². The number of fused-ring (bicyclic) bond motifs is 5. The van der Waals surface area contributed by atoms with Gasteiger partial charge in [-0.15, -0.1) is 0 Å². The van der Waals surface area contributed by atoms with Crippen molar-refractivity contribution >= 4 is 11.7 Å². The van der Waals surface area contributed by atoms with Gasteiger partial charge in [0.2, 0.25) is 5.91 Å². The van der Waals surface area contributed by atoms with Gasteiger partial charge in [-0.1, -0.05) is 19.1 Å². The van der Waals surface area contributed by atoms with Crippen LogP contribution in [-0.4, -0.2) is 42.9 Å². The number of carbonyl (C=O) groups excluding carboxylic acids is 2. The lowest BCUT2D eigenvalue weighted by Gasteiger charge is -2.50. The van der Waals surface area contributed by atoms with Gasteiger partial charge >= 0.3 is 0 Å². The quantitative estimate of drug-likeness (QED) is 0.556. The number of rotatable bonds is 4. The smallest absolute Gasteiger partial charge is 0.222 e. The number of halogens is 1. The standard InChI is InChI=1S/C30H40FNO3/c1-29-11-10-22-21-5-3-6-25(31)23(21)8-9-24(22)28(29)20(18-26(29)33)4-2-7-27(34)32-15-12-30(19-32)13-16-35-17-14-30/h3,5-6,20,22,24,28H,2,4,7-19H2,1H3/t20-,22?,24?,28?,29-/m1/s1. The molecule has 0 aromatic heterocycles. The predicted molar refractivity (Wildman–Crippen MR) is 132 cm³/mol. The molecule has 4 fully saturated rings. The zero-order valence-electron chi connectivity index (χ0n) is 21.2. The van der Waals surface area contributed by atoms with E-state index in [0.717, 1.165) is 89.7 Å². The number of benzene rings is 1. The Morgan fingerprint density at radius 1 is 1.17 bits per heavy atom. The summed E-state index contributed by atoms with van der Waals surface area (Å²) in [5.74, 6) is 2.25. The zero-order valence-corrected chi connectivity index (χ0v) is 21.2. The number of ether oxygens (including phenoxy) is 1. The van der Waals surface area contributed by atoms with Crippen molar-refractivity contribution in [3.8, 4) is 0 Å². The summed E-state index contributed by atoms with van der Waals surface area (Å²) in [6, 6.07) is 5.58. The van der Waals surface area contributed by atoms with Crippen LogP contribution in [0.15, 0.2) is 18.2 Å². The van der Waals surface area contributed by atoms with Crippen molar-refractivity contribution in [2.75, 3.05) is 26.3 Å². The number of ketones is 1. The van der Waals surface area contributed by atoms with Gasteiger partial charge in [0.05, 0.1) is 0 Å². The third-order valence-corrected chi connectivity index (χ3v) is 10.9. The van der Waals surface area contributed by atoms with Gasteiger partial charge in [0.25, 0.3) is 0 Å². The van der Waals surface area contributed by atoms with Gasteiger partial charge in [-0.2, -0.15) is 0 Å². The van der Waals surface area contributed by atoms with Crippen LogP contribution in [0.25, 0.3) is 0 Å². The highest BCUT2D eigenvalue weighted by atomic mass is 19.1. The number of Topliss-reactive ketones (excluding diaryl/α,β-unsaturated/α-hetero) is 1. The lowest BCUT2D eigenvalue weighted by molar-refractivity contribution is -0.131. The first-order valence-electron chi connectivity index (χ1n) is 14.1. The van der Waals surface area contributed by atoms with E-state index in [1.54, 1.807) is 6.07 Å². The van der Waals surface area contributed by atoms with Crippen molar-refractivity contribution in [2.24, 2.45) is 28.6 Å². The molecule has 5 heteroatoms. The van der Waals surface area contributed by atoms with E-state index in [0.29, 0.717) is 53.6 Å². The average Bonchev–Trinajstić information content (AvgIpc) is 3.38. The van der Waals surface area contributed by atoms with Gasteiger partial charge in [0.1, 0.15) is 11.6 Å². The summed E-state index contributed by atoms with van der Waals surface area (Å²) in [5.41, 5.74) is 2.18. The second-order valence-electron chi connectivity index (χ2n) is 12.6. The van der Waals surface area contributed by atoms with Crippen LogP contribution in [0.2, 0.25) is 0 Å². The van der Waals surface area contributed by atoms with Gasteiger partial charge in [0, 0.05) is 44.6 Å². The Morgan fingerprint density at radius 2 is 2.00 bits per heavy atom. The molecule has 1 aromatic carbocycles. The lowest BCUT2D eigenvalue weighted by Crippen LogP contribution is -2.44. The molecule has 0 N–H and O–H groups in total. The molecule has 1 spiro atoms. The van der Waals surface area contributed by atoms with Crippen LogP contribution in [0.4, 0.5) is 4.39 Å². The Hall–Kier alpha value is -1.75. The van der Waals surface area contributed by atoms with Crippen molar-refractivity contribution < 1.29 is 18.7 Å². The van der Waals surface area contributed by atoms with E-state index in [9.17, 15) is 14.0 Å². The van der Waals surface area contributed by atoms with Crippen LogP contribution in [0.3, 0.4) is 0 Å². The fourth-order valence-corrected chi connectivity index (χ4v) is 8.93. The summed E-state index contributed by atoms with van der Waals surface area (Å²) in [4.78, 5) is 28.4. The molecule has 4 nitrogen and oxygen atoms in total. The molecule has 3 aliphatic carbocycles. The van der Waals surface area contributed by atoms with Crippen molar-refractivity contribution in [1.29, 1.82) is 0 Å². The van der Waals surface area contributed by atoms with Gasteiger partial charge in [-0.25, -0.2) is 4.39 Å². The number of amides is 1. The molecular weight excluding hydrogens is 441 g/mol. The van der Waals surface area contributed by atoms with Gasteiger partial charge in [0.15, 0.2) is 0 Å². The topological polar surface area (TPSA) is 46.6 Å². The molecule has 35 heavy (non-hydrogen) atoms. The van der Waals surface area contributed by atoms with Crippen LogP contribution in [0.5, 0.6) is 0 Å². The summed E-state index contributed by atoms with van der Waals surface area (Å²) in [6.07, 6.45) is 10.1. The lowest BCUT2D eigenvalue weighted by atomic mass is 9.54. The molecule has 5 atom stereocenters. The molecule has 6 rings (SSSR count). The predicted octanol–water partition coefficient (Wildman–Crippen LogP) is 5.68. The number of hydrogen-bond donors (Lipinski definition) is 0. The highest BCUT2D eigenvalue weighted by molar-refractivity contribution is 5.87. The second-order valence-corrected chi connectivity index (χ2v) is 12.6. The number of hydrogen-bond acceptors (Lipinski definition) is 3. The average molecular weight is 482 g/mol. The summed E-state index contributed by atoms with van der Waals surface area (Å²) in [5, 5.41) is 0. The number of carbonyl (C=O) groups is 2. The van der Waals surface area contributed by atoms with Crippen LogP contribution in [-0.2, 0) is 20.7 Å². The maximum Gasteiger partial charge on any atom is 0.222 e. The highest BCUT2D eigenvalue weighted by Gasteiger charge is 2.58. The van der Waals surface area contributed by atoms with E-state index in [1.165, 1.54) is 5.56 Å². The minimum Gasteiger partial charge on any atom is -0.381 e. The second kappa shape index (κ2) is 8.97. The Morgan fingerprint density at radius 3 is 2.83 bits per heavy atom. The molecule has 2 aliphatic heterocycles. The van der Waals surface area contributed by atoms with Gasteiger partial charge in [-0.3, -0.25) is 9.59 Å². The third-order valence-electron chi connectivity index (χ3n) is 10.9. The first kappa shape index (κ1) is 23.6. The third kappa shape index (κ3) is 3.97. The molecule has 190 valence electrons. The molecule has 0 radical (unpaired) electrons. The maximum absolute atomic E-state index is 14.5. The van der Waals surface area contributed by atoms with Crippen molar-refractivity contribution in [3.63, 3.8) is 0 Å². The van der Waals surface area contributed by atoms with E-state index >= 15 is 0 Å². The monoisotopic (exact) mass is 481 g/mol. The van der Waals surface area contributed by atoms with Crippen LogP contribution >= 0.6 is 0 Å². The molecule has 5 aliphatic rings. The minimum atomic E-state index is -0.231.